The normalized spacial score (nSPS) is 10.3. The SMILES string of the molecule is Cc1ccc(Sc2ccc(F)c(C(=O)O)c2)nn1. The third kappa shape index (κ3) is 2.84. The van der Waals surface area contributed by atoms with Gasteiger partial charge in [0.05, 0.1) is 11.3 Å². The highest BCUT2D eigenvalue weighted by molar-refractivity contribution is 7.99. The van der Waals surface area contributed by atoms with Gasteiger partial charge in [-0.2, -0.15) is 5.10 Å². The minimum Gasteiger partial charge on any atom is -0.478 e. The van der Waals surface area contributed by atoms with E-state index in [0.29, 0.717) is 9.92 Å². The molecule has 1 aromatic heterocycles. The van der Waals surface area contributed by atoms with E-state index in [4.69, 9.17) is 5.11 Å². The number of rotatable bonds is 3. The van der Waals surface area contributed by atoms with E-state index in [2.05, 4.69) is 10.2 Å². The van der Waals surface area contributed by atoms with Crippen LogP contribution in [0.1, 0.15) is 16.1 Å². The number of benzene rings is 1. The summed E-state index contributed by atoms with van der Waals surface area (Å²) >= 11 is 1.23. The first-order valence-corrected chi connectivity index (χ1v) is 5.89. The minimum absolute atomic E-state index is 0.347. The second-order valence-corrected chi connectivity index (χ2v) is 4.66. The van der Waals surface area contributed by atoms with Gasteiger partial charge in [0.15, 0.2) is 0 Å². The van der Waals surface area contributed by atoms with Gasteiger partial charge in [0.2, 0.25) is 0 Å². The Morgan fingerprint density at radius 1 is 1.28 bits per heavy atom. The van der Waals surface area contributed by atoms with E-state index in [1.54, 1.807) is 12.1 Å². The Balaban J connectivity index is 2.27. The maximum Gasteiger partial charge on any atom is 0.338 e. The van der Waals surface area contributed by atoms with E-state index in [1.807, 2.05) is 6.92 Å². The molecule has 18 heavy (non-hydrogen) atoms. The summed E-state index contributed by atoms with van der Waals surface area (Å²) in [6.45, 7) is 1.82. The Morgan fingerprint density at radius 3 is 2.67 bits per heavy atom. The average molecular weight is 264 g/mol. The molecule has 0 saturated heterocycles. The summed E-state index contributed by atoms with van der Waals surface area (Å²) in [5.74, 6) is -2.04. The van der Waals surface area contributed by atoms with Crippen LogP contribution in [0, 0.1) is 12.7 Å². The van der Waals surface area contributed by atoms with Gasteiger partial charge in [0, 0.05) is 4.90 Å². The van der Waals surface area contributed by atoms with Crippen molar-refractivity contribution in [1.82, 2.24) is 10.2 Å². The van der Waals surface area contributed by atoms with Crippen LogP contribution < -0.4 is 0 Å². The first-order valence-electron chi connectivity index (χ1n) is 5.07. The van der Waals surface area contributed by atoms with Crippen LogP contribution >= 0.6 is 11.8 Å². The maximum absolute atomic E-state index is 13.2. The standard InChI is InChI=1S/C12H9FN2O2S/c1-7-2-5-11(15-14-7)18-8-3-4-10(13)9(6-8)12(16)17/h2-6H,1H3,(H,16,17). The summed E-state index contributed by atoms with van der Waals surface area (Å²) < 4.78 is 13.2. The van der Waals surface area contributed by atoms with Gasteiger partial charge in [-0.15, -0.1) is 5.10 Å². The summed E-state index contributed by atoms with van der Waals surface area (Å²) in [6.07, 6.45) is 0. The van der Waals surface area contributed by atoms with E-state index in [1.165, 1.54) is 23.9 Å². The monoisotopic (exact) mass is 264 g/mol. The molecule has 1 heterocycles. The van der Waals surface area contributed by atoms with Crippen molar-refractivity contribution in [3.8, 4) is 0 Å². The molecule has 0 spiro atoms. The van der Waals surface area contributed by atoms with Crippen LogP contribution in [0.4, 0.5) is 4.39 Å². The molecule has 0 saturated carbocycles. The highest BCUT2D eigenvalue weighted by Gasteiger charge is 2.11. The smallest absolute Gasteiger partial charge is 0.338 e. The molecule has 92 valence electrons. The molecule has 2 rings (SSSR count). The highest BCUT2D eigenvalue weighted by atomic mass is 32.2. The zero-order valence-corrected chi connectivity index (χ0v) is 10.2. The number of halogens is 1. The van der Waals surface area contributed by atoms with Crippen molar-refractivity contribution in [2.24, 2.45) is 0 Å². The topological polar surface area (TPSA) is 63.1 Å². The quantitative estimate of drug-likeness (QED) is 0.923. The maximum atomic E-state index is 13.2. The molecule has 4 nitrogen and oxygen atoms in total. The predicted octanol–water partition coefficient (Wildman–Crippen LogP) is 2.77. The molecule has 1 N–H and O–H groups in total. The Labute approximate surface area is 107 Å². The van der Waals surface area contributed by atoms with Crippen molar-refractivity contribution >= 4 is 17.7 Å². The zero-order valence-electron chi connectivity index (χ0n) is 9.42. The van der Waals surface area contributed by atoms with Gasteiger partial charge in [-0.1, -0.05) is 11.8 Å². The molecule has 0 bridgehead atoms. The fraction of sp³-hybridized carbons (Fsp3) is 0.0833. The number of carboxylic acids is 1. The first-order chi connectivity index (χ1) is 8.56. The van der Waals surface area contributed by atoms with Gasteiger partial charge in [-0.25, -0.2) is 9.18 Å². The van der Waals surface area contributed by atoms with Gasteiger partial charge in [-0.3, -0.25) is 0 Å². The fourth-order valence-electron chi connectivity index (χ4n) is 1.29. The van der Waals surface area contributed by atoms with Crippen LogP contribution in [0.5, 0.6) is 0 Å². The number of nitrogens with zero attached hydrogens (tertiary/aromatic N) is 2. The van der Waals surface area contributed by atoms with E-state index in [-0.39, 0.29) is 5.56 Å². The lowest BCUT2D eigenvalue weighted by Crippen LogP contribution is -2.00. The molecule has 0 atom stereocenters. The van der Waals surface area contributed by atoms with Crippen LogP contribution in [0.3, 0.4) is 0 Å². The second kappa shape index (κ2) is 5.14. The van der Waals surface area contributed by atoms with Crippen molar-refractivity contribution in [3.05, 3.63) is 47.4 Å². The summed E-state index contributed by atoms with van der Waals surface area (Å²) in [4.78, 5) is 11.4. The Hall–Kier alpha value is -1.95. The lowest BCUT2D eigenvalue weighted by molar-refractivity contribution is 0.0691. The van der Waals surface area contributed by atoms with Gasteiger partial charge < -0.3 is 5.11 Å². The van der Waals surface area contributed by atoms with Crippen molar-refractivity contribution in [2.45, 2.75) is 16.8 Å². The zero-order chi connectivity index (χ0) is 13.1. The third-order valence-corrected chi connectivity index (χ3v) is 3.08. The summed E-state index contributed by atoms with van der Waals surface area (Å²) in [6, 6.07) is 7.50. The number of hydrogen-bond donors (Lipinski definition) is 1. The first kappa shape index (κ1) is 12.5. The summed E-state index contributed by atoms with van der Waals surface area (Å²) in [5.41, 5.74) is 0.449. The van der Waals surface area contributed by atoms with Crippen molar-refractivity contribution in [1.29, 1.82) is 0 Å². The van der Waals surface area contributed by atoms with Crippen LogP contribution in [0.2, 0.25) is 0 Å². The van der Waals surface area contributed by atoms with Crippen LogP contribution in [0.15, 0.2) is 40.3 Å². The van der Waals surface area contributed by atoms with E-state index >= 15 is 0 Å². The molecular formula is C12H9FN2O2S. The molecule has 0 unspecified atom stereocenters. The number of hydrogen-bond acceptors (Lipinski definition) is 4. The van der Waals surface area contributed by atoms with Gasteiger partial charge in [0.1, 0.15) is 10.8 Å². The highest BCUT2D eigenvalue weighted by Crippen LogP contribution is 2.27. The number of aromatic nitrogens is 2. The molecule has 0 amide bonds. The number of aromatic carboxylic acids is 1. The van der Waals surface area contributed by atoms with Crippen molar-refractivity contribution in [3.63, 3.8) is 0 Å². The molecule has 6 heteroatoms. The van der Waals surface area contributed by atoms with Crippen LogP contribution in [-0.4, -0.2) is 21.3 Å². The number of carbonyl (C=O) groups is 1. The van der Waals surface area contributed by atoms with Gasteiger partial charge in [-0.05, 0) is 37.3 Å². The Kier molecular flexibility index (Phi) is 3.57. The fourth-order valence-corrected chi connectivity index (χ4v) is 2.07. The Bertz CT molecular complexity index is 587. The third-order valence-electron chi connectivity index (χ3n) is 2.16. The largest absolute Gasteiger partial charge is 0.478 e. The molecule has 2 aromatic rings. The van der Waals surface area contributed by atoms with Gasteiger partial charge in [0.25, 0.3) is 0 Å². The van der Waals surface area contributed by atoms with Crippen molar-refractivity contribution < 1.29 is 14.3 Å². The van der Waals surface area contributed by atoms with Gasteiger partial charge >= 0.3 is 5.97 Å². The summed E-state index contributed by atoms with van der Waals surface area (Å²) in [7, 11) is 0. The molecule has 0 aliphatic rings. The molecule has 0 fully saturated rings. The summed E-state index contributed by atoms with van der Waals surface area (Å²) in [5, 5.41) is 17.3. The molecule has 0 aliphatic carbocycles. The minimum atomic E-state index is -1.29. The number of aryl methyl sites for hydroxylation is 1. The van der Waals surface area contributed by atoms with Crippen LogP contribution in [0.25, 0.3) is 0 Å². The lowest BCUT2D eigenvalue weighted by atomic mass is 10.2. The second-order valence-electron chi connectivity index (χ2n) is 3.56. The number of carboxylic acid groups (broad SMARTS) is 1. The van der Waals surface area contributed by atoms with E-state index in [9.17, 15) is 9.18 Å². The van der Waals surface area contributed by atoms with E-state index in [0.717, 1.165) is 11.8 Å². The predicted molar refractivity (Wildman–Crippen MR) is 64.3 cm³/mol. The van der Waals surface area contributed by atoms with E-state index < -0.39 is 11.8 Å². The molecule has 1 aromatic carbocycles. The average Bonchev–Trinajstić information content (AvgIpc) is 2.34. The molecule has 0 radical (unpaired) electrons. The lowest BCUT2D eigenvalue weighted by Gasteiger charge is -2.03. The Morgan fingerprint density at radius 2 is 2.06 bits per heavy atom. The van der Waals surface area contributed by atoms with Crippen molar-refractivity contribution in [2.75, 3.05) is 0 Å². The molecule has 0 aliphatic heterocycles. The molecular weight excluding hydrogens is 255 g/mol. The van der Waals surface area contributed by atoms with Crippen LogP contribution in [-0.2, 0) is 0 Å².